The number of hydrogen-bond donors (Lipinski definition) is 1. The molecular weight excluding hydrogens is 338 g/mol. The summed E-state index contributed by atoms with van der Waals surface area (Å²) in [5, 5.41) is 3.99. The quantitative estimate of drug-likeness (QED) is 0.658. The second-order valence-corrected chi connectivity index (χ2v) is 6.42. The minimum absolute atomic E-state index is 0.440. The summed E-state index contributed by atoms with van der Waals surface area (Å²) in [7, 11) is 3.21. The molecule has 0 amide bonds. The second-order valence-electron chi connectivity index (χ2n) is 6.02. The maximum Gasteiger partial charge on any atom is 0.162 e. The first-order valence-corrected chi connectivity index (χ1v) is 8.77. The van der Waals surface area contributed by atoms with Crippen molar-refractivity contribution in [2.75, 3.05) is 27.4 Å². The van der Waals surface area contributed by atoms with E-state index in [1.54, 1.807) is 20.3 Å². The summed E-state index contributed by atoms with van der Waals surface area (Å²) < 4.78 is 16.5. The molecule has 5 heteroatoms. The topological polar surface area (TPSA) is 39.7 Å². The highest BCUT2D eigenvalue weighted by molar-refractivity contribution is 6.31. The number of para-hydroxylation sites is 1. The molecule has 0 aliphatic rings. The smallest absolute Gasteiger partial charge is 0.162 e. The van der Waals surface area contributed by atoms with E-state index in [-0.39, 0.29) is 0 Å². The van der Waals surface area contributed by atoms with Gasteiger partial charge in [-0.25, -0.2) is 0 Å². The van der Waals surface area contributed by atoms with Gasteiger partial charge in [-0.15, -0.1) is 0 Å². The lowest BCUT2D eigenvalue weighted by molar-refractivity contribution is 0.309. The van der Waals surface area contributed by atoms with Crippen molar-refractivity contribution in [1.29, 1.82) is 0 Å². The van der Waals surface area contributed by atoms with Crippen molar-refractivity contribution in [2.45, 2.75) is 26.3 Å². The van der Waals surface area contributed by atoms with Gasteiger partial charge in [0.15, 0.2) is 11.5 Å². The fourth-order valence-corrected chi connectivity index (χ4v) is 2.80. The van der Waals surface area contributed by atoms with Gasteiger partial charge in [-0.1, -0.05) is 43.6 Å². The summed E-state index contributed by atoms with van der Waals surface area (Å²) in [6, 6.07) is 11.8. The predicted molar refractivity (Wildman–Crippen MR) is 102 cm³/mol. The zero-order valence-electron chi connectivity index (χ0n) is 15.3. The Kier molecular flexibility index (Phi) is 7.41. The molecule has 0 radical (unpaired) electrons. The first kappa shape index (κ1) is 19.4. The Bertz CT molecular complexity index is 689. The van der Waals surface area contributed by atoms with Crippen molar-refractivity contribution in [1.82, 2.24) is 5.32 Å². The van der Waals surface area contributed by atoms with E-state index in [9.17, 15) is 0 Å². The number of nitrogens with one attached hydrogen (secondary N) is 1. The third kappa shape index (κ3) is 5.28. The van der Waals surface area contributed by atoms with E-state index < -0.39 is 0 Å². The highest BCUT2D eigenvalue weighted by Crippen LogP contribution is 2.33. The molecule has 0 fully saturated rings. The largest absolute Gasteiger partial charge is 0.493 e. The van der Waals surface area contributed by atoms with Crippen LogP contribution in [0.5, 0.6) is 17.2 Å². The first-order chi connectivity index (χ1) is 12.1. The third-order valence-electron chi connectivity index (χ3n) is 3.95. The number of ether oxygens (including phenoxy) is 3. The van der Waals surface area contributed by atoms with E-state index in [0.29, 0.717) is 35.6 Å². The molecule has 2 aromatic rings. The van der Waals surface area contributed by atoms with E-state index >= 15 is 0 Å². The number of halogens is 1. The molecule has 0 spiro atoms. The molecule has 0 aromatic heterocycles. The Morgan fingerprint density at radius 2 is 1.68 bits per heavy atom. The van der Waals surface area contributed by atoms with Crippen LogP contribution in [0.4, 0.5) is 0 Å². The Balaban J connectivity index is 1.86. The molecular formula is C20H26ClNO3. The van der Waals surface area contributed by atoms with E-state index in [4.69, 9.17) is 25.8 Å². The van der Waals surface area contributed by atoms with Crippen molar-refractivity contribution < 1.29 is 14.2 Å². The van der Waals surface area contributed by atoms with Gasteiger partial charge in [0.25, 0.3) is 0 Å². The molecule has 1 N–H and O–H groups in total. The number of methoxy groups -OCH3 is 2. The Labute approximate surface area is 155 Å². The zero-order chi connectivity index (χ0) is 18.2. The van der Waals surface area contributed by atoms with Crippen LogP contribution in [0.15, 0.2) is 36.4 Å². The summed E-state index contributed by atoms with van der Waals surface area (Å²) in [5.41, 5.74) is 2.19. The van der Waals surface area contributed by atoms with Crippen LogP contribution >= 0.6 is 11.6 Å². The standard InChI is InChI=1S/C20H26ClNO3/c1-14(2)16-7-5-6-8-18(16)25-10-9-22-13-15-11-19(23-3)20(24-4)12-17(15)21/h5-8,11-12,14,22H,9-10,13H2,1-4H3. The summed E-state index contributed by atoms with van der Waals surface area (Å²) >= 11 is 6.29. The average molecular weight is 364 g/mol. The van der Waals surface area contributed by atoms with Crippen LogP contribution in [0.1, 0.15) is 30.9 Å². The first-order valence-electron chi connectivity index (χ1n) is 8.39. The van der Waals surface area contributed by atoms with E-state index in [0.717, 1.165) is 17.9 Å². The molecule has 0 bridgehead atoms. The van der Waals surface area contributed by atoms with Gasteiger partial charge < -0.3 is 19.5 Å². The summed E-state index contributed by atoms with van der Waals surface area (Å²) in [4.78, 5) is 0. The van der Waals surface area contributed by atoms with Crippen LogP contribution < -0.4 is 19.5 Å². The van der Waals surface area contributed by atoms with Gasteiger partial charge in [-0.2, -0.15) is 0 Å². The third-order valence-corrected chi connectivity index (χ3v) is 4.30. The van der Waals surface area contributed by atoms with Gasteiger partial charge in [0.1, 0.15) is 12.4 Å². The van der Waals surface area contributed by atoms with Gasteiger partial charge >= 0.3 is 0 Å². The molecule has 0 unspecified atom stereocenters. The van der Waals surface area contributed by atoms with Crippen LogP contribution in [0.3, 0.4) is 0 Å². The Morgan fingerprint density at radius 3 is 2.36 bits per heavy atom. The fraction of sp³-hybridized carbons (Fsp3) is 0.400. The van der Waals surface area contributed by atoms with Gasteiger partial charge in [0.2, 0.25) is 0 Å². The van der Waals surface area contributed by atoms with Crippen LogP contribution in [0.25, 0.3) is 0 Å². The molecule has 2 rings (SSSR count). The summed E-state index contributed by atoms with van der Waals surface area (Å²) in [6.45, 7) is 6.28. The van der Waals surface area contributed by atoms with Crippen molar-refractivity contribution in [3.05, 3.63) is 52.5 Å². The lowest BCUT2D eigenvalue weighted by Gasteiger charge is -2.15. The van der Waals surface area contributed by atoms with Gasteiger partial charge in [0.05, 0.1) is 14.2 Å². The monoisotopic (exact) mass is 363 g/mol. The number of hydrogen-bond acceptors (Lipinski definition) is 4. The summed E-state index contributed by atoms with van der Waals surface area (Å²) in [6.07, 6.45) is 0. The maximum atomic E-state index is 6.29. The highest BCUT2D eigenvalue weighted by Gasteiger charge is 2.10. The number of benzene rings is 2. The van der Waals surface area contributed by atoms with Crippen molar-refractivity contribution in [2.24, 2.45) is 0 Å². The summed E-state index contributed by atoms with van der Waals surface area (Å²) in [5.74, 6) is 2.69. The Hall–Kier alpha value is -1.91. The molecule has 4 nitrogen and oxygen atoms in total. The average Bonchev–Trinajstić information content (AvgIpc) is 2.62. The van der Waals surface area contributed by atoms with Gasteiger partial charge in [-0.3, -0.25) is 0 Å². The fourth-order valence-electron chi connectivity index (χ4n) is 2.58. The molecule has 136 valence electrons. The van der Waals surface area contributed by atoms with Gasteiger partial charge in [0, 0.05) is 24.2 Å². The SMILES string of the molecule is COc1cc(Cl)c(CNCCOc2ccccc2C(C)C)cc1OC. The zero-order valence-corrected chi connectivity index (χ0v) is 16.0. The minimum atomic E-state index is 0.440. The van der Waals surface area contributed by atoms with Crippen LogP contribution in [-0.4, -0.2) is 27.4 Å². The van der Waals surface area contributed by atoms with E-state index in [1.165, 1.54) is 5.56 Å². The Morgan fingerprint density at radius 1 is 1.00 bits per heavy atom. The van der Waals surface area contributed by atoms with Crippen molar-refractivity contribution in [3.63, 3.8) is 0 Å². The highest BCUT2D eigenvalue weighted by atomic mass is 35.5. The second kappa shape index (κ2) is 9.54. The number of rotatable bonds is 9. The van der Waals surface area contributed by atoms with Crippen molar-refractivity contribution in [3.8, 4) is 17.2 Å². The lowest BCUT2D eigenvalue weighted by atomic mass is 10.0. The minimum Gasteiger partial charge on any atom is -0.493 e. The molecule has 0 aliphatic carbocycles. The van der Waals surface area contributed by atoms with Gasteiger partial charge in [-0.05, 0) is 29.2 Å². The van der Waals surface area contributed by atoms with Crippen molar-refractivity contribution >= 4 is 11.6 Å². The van der Waals surface area contributed by atoms with E-state index in [1.807, 2.05) is 24.3 Å². The molecule has 0 heterocycles. The molecule has 2 aromatic carbocycles. The normalized spacial score (nSPS) is 10.8. The van der Waals surface area contributed by atoms with Crippen LogP contribution in [0, 0.1) is 0 Å². The lowest BCUT2D eigenvalue weighted by Crippen LogP contribution is -2.21. The maximum absolute atomic E-state index is 6.29. The molecule has 0 saturated heterocycles. The molecule has 0 saturated carbocycles. The van der Waals surface area contributed by atoms with E-state index in [2.05, 4.69) is 25.2 Å². The van der Waals surface area contributed by atoms with Crippen LogP contribution in [0.2, 0.25) is 5.02 Å². The molecule has 0 atom stereocenters. The van der Waals surface area contributed by atoms with Crippen LogP contribution in [-0.2, 0) is 6.54 Å². The predicted octanol–water partition coefficient (Wildman–Crippen LogP) is 4.65. The molecule has 0 aliphatic heterocycles. The molecule has 25 heavy (non-hydrogen) atoms.